The van der Waals surface area contributed by atoms with Crippen LogP contribution in [0.3, 0.4) is 0 Å². The first-order valence-corrected chi connectivity index (χ1v) is 6.13. The molecule has 0 atom stereocenters. The average molecular weight is 239 g/mol. The third-order valence-electron chi connectivity index (χ3n) is 2.97. The van der Waals surface area contributed by atoms with Gasteiger partial charge in [0.2, 0.25) is 0 Å². The molecule has 0 saturated carbocycles. The molecule has 5 nitrogen and oxygen atoms in total. The second-order valence-corrected chi connectivity index (χ2v) is 4.51. The summed E-state index contributed by atoms with van der Waals surface area (Å²) in [6, 6.07) is 0. The van der Waals surface area contributed by atoms with Crippen molar-refractivity contribution in [3.8, 4) is 0 Å². The number of hydrogen-bond acceptors (Lipinski definition) is 4. The number of rotatable bonds is 5. The predicted octanol–water partition coefficient (Wildman–Crippen LogP) is 1.00. The minimum atomic E-state index is -0.0208. The molecule has 96 valence electrons. The van der Waals surface area contributed by atoms with Crippen molar-refractivity contribution in [1.29, 1.82) is 0 Å². The maximum Gasteiger partial charge on any atom is 0.158 e. The molecule has 2 heterocycles. The minimum Gasteiger partial charge on any atom is -0.353 e. The third-order valence-corrected chi connectivity index (χ3v) is 2.97. The highest BCUT2D eigenvalue weighted by Crippen LogP contribution is 2.09. The molecule has 17 heavy (non-hydrogen) atoms. The number of aromatic nitrogens is 2. The zero-order valence-electron chi connectivity index (χ0n) is 10.6. The Morgan fingerprint density at radius 1 is 1.47 bits per heavy atom. The summed E-state index contributed by atoms with van der Waals surface area (Å²) in [4.78, 5) is 6.55. The van der Waals surface area contributed by atoms with Crippen LogP contribution in [0.4, 0.5) is 0 Å². The molecular formula is C12H21N3O2. The molecule has 1 aromatic rings. The third kappa shape index (κ3) is 3.80. The van der Waals surface area contributed by atoms with Gasteiger partial charge >= 0.3 is 0 Å². The van der Waals surface area contributed by atoms with Gasteiger partial charge in [-0.2, -0.15) is 0 Å². The molecule has 0 radical (unpaired) electrons. The van der Waals surface area contributed by atoms with E-state index in [9.17, 15) is 0 Å². The quantitative estimate of drug-likeness (QED) is 0.768. The van der Waals surface area contributed by atoms with Crippen LogP contribution in [0.25, 0.3) is 0 Å². The largest absolute Gasteiger partial charge is 0.353 e. The normalized spacial score (nSPS) is 17.8. The molecule has 1 saturated heterocycles. The summed E-state index contributed by atoms with van der Waals surface area (Å²) in [5.74, 6) is 1.08. The summed E-state index contributed by atoms with van der Waals surface area (Å²) < 4.78 is 13.1. The van der Waals surface area contributed by atoms with Crippen LogP contribution in [0.1, 0.15) is 18.7 Å². The highest BCUT2D eigenvalue weighted by Gasteiger charge is 2.15. The fraction of sp³-hybridized carbons (Fsp3) is 0.750. The molecule has 0 spiro atoms. The summed E-state index contributed by atoms with van der Waals surface area (Å²) >= 11 is 0. The van der Waals surface area contributed by atoms with Crippen molar-refractivity contribution in [2.24, 2.45) is 7.05 Å². The highest BCUT2D eigenvalue weighted by atomic mass is 16.7. The lowest BCUT2D eigenvalue weighted by atomic mass is 10.3. The van der Waals surface area contributed by atoms with E-state index in [0.29, 0.717) is 0 Å². The van der Waals surface area contributed by atoms with E-state index in [-0.39, 0.29) is 6.29 Å². The Morgan fingerprint density at radius 3 is 2.88 bits per heavy atom. The second-order valence-electron chi connectivity index (χ2n) is 4.51. The van der Waals surface area contributed by atoms with Gasteiger partial charge in [0.15, 0.2) is 6.29 Å². The number of ether oxygens (including phenoxy) is 2. The predicted molar refractivity (Wildman–Crippen MR) is 64.5 cm³/mol. The maximum atomic E-state index is 5.52. The lowest BCUT2D eigenvalue weighted by Crippen LogP contribution is -2.30. The lowest BCUT2D eigenvalue weighted by molar-refractivity contribution is -0.182. The smallest absolute Gasteiger partial charge is 0.158 e. The van der Waals surface area contributed by atoms with Crippen molar-refractivity contribution in [1.82, 2.24) is 14.5 Å². The van der Waals surface area contributed by atoms with Crippen LogP contribution >= 0.6 is 0 Å². The van der Waals surface area contributed by atoms with Gasteiger partial charge in [-0.15, -0.1) is 0 Å². The van der Waals surface area contributed by atoms with Crippen molar-refractivity contribution in [3.05, 3.63) is 18.2 Å². The van der Waals surface area contributed by atoms with Crippen LogP contribution in [-0.4, -0.2) is 47.5 Å². The number of aryl methyl sites for hydroxylation is 1. The van der Waals surface area contributed by atoms with E-state index >= 15 is 0 Å². The van der Waals surface area contributed by atoms with Gasteiger partial charge in [0.05, 0.1) is 19.8 Å². The Labute approximate surface area is 102 Å². The van der Waals surface area contributed by atoms with E-state index in [1.165, 1.54) is 0 Å². The molecule has 2 rings (SSSR count). The van der Waals surface area contributed by atoms with E-state index in [1.54, 1.807) is 0 Å². The molecule has 0 aromatic carbocycles. The molecular weight excluding hydrogens is 218 g/mol. The summed E-state index contributed by atoms with van der Waals surface area (Å²) in [6.45, 7) is 3.47. The topological polar surface area (TPSA) is 39.5 Å². The van der Waals surface area contributed by atoms with Gasteiger partial charge in [0.1, 0.15) is 5.82 Å². The number of imidazole rings is 1. The van der Waals surface area contributed by atoms with Crippen LogP contribution in [0.15, 0.2) is 12.4 Å². The Morgan fingerprint density at radius 2 is 2.24 bits per heavy atom. The molecule has 0 aliphatic carbocycles. The summed E-state index contributed by atoms with van der Waals surface area (Å²) in [5.41, 5.74) is 0. The van der Waals surface area contributed by atoms with E-state index in [4.69, 9.17) is 9.47 Å². The zero-order chi connectivity index (χ0) is 12.1. The van der Waals surface area contributed by atoms with Crippen molar-refractivity contribution < 1.29 is 9.47 Å². The number of nitrogens with zero attached hydrogens (tertiary/aromatic N) is 3. The Hall–Kier alpha value is -0.910. The summed E-state index contributed by atoms with van der Waals surface area (Å²) in [6.07, 6.45) is 5.71. The van der Waals surface area contributed by atoms with E-state index in [1.807, 2.05) is 24.0 Å². The Balaban J connectivity index is 1.70. The highest BCUT2D eigenvalue weighted by molar-refractivity contribution is 4.90. The summed E-state index contributed by atoms with van der Waals surface area (Å²) in [7, 11) is 4.11. The first kappa shape index (κ1) is 12.5. The van der Waals surface area contributed by atoms with Crippen LogP contribution < -0.4 is 0 Å². The fourth-order valence-electron chi connectivity index (χ4n) is 1.90. The molecule has 0 bridgehead atoms. The van der Waals surface area contributed by atoms with Crippen LogP contribution in [0.2, 0.25) is 0 Å². The second kappa shape index (κ2) is 6.14. The first-order valence-electron chi connectivity index (χ1n) is 6.13. The molecule has 1 aromatic heterocycles. The van der Waals surface area contributed by atoms with Crippen molar-refractivity contribution in [2.75, 3.05) is 26.8 Å². The fourth-order valence-corrected chi connectivity index (χ4v) is 1.90. The van der Waals surface area contributed by atoms with E-state index in [0.717, 1.165) is 45.0 Å². The lowest BCUT2D eigenvalue weighted by Gasteiger charge is -2.25. The molecule has 1 fully saturated rings. The Bertz CT molecular complexity index is 334. The van der Waals surface area contributed by atoms with Gasteiger partial charge in [-0.1, -0.05) is 0 Å². The number of hydrogen-bond donors (Lipinski definition) is 0. The average Bonchev–Trinajstić information content (AvgIpc) is 2.74. The molecule has 1 aliphatic rings. The van der Waals surface area contributed by atoms with Gasteiger partial charge in [0.25, 0.3) is 0 Å². The monoisotopic (exact) mass is 239 g/mol. The molecule has 0 unspecified atom stereocenters. The van der Waals surface area contributed by atoms with Gasteiger partial charge in [-0.3, -0.25) is 4.90 Å². The van der Waals surface area contributed by atoms with Gasteiger partial charge in [-0.05, 0) is 13.5 Å². The van der Waals surface area contributed by atoms with E-state index < -0.39 is 0 Å². The van der Waals surface area contributed by atoms with Crippen LogP contribution in [0.5, 0.6) is 0 Å². The van der Waals surface area contributed by atoms with Crippen molar-refractivity contribution in [3.63, 3.8) is 0 Å². The van der Waals surface area contributed by atoms with Crippen LogP contribution in [0, 0.1) is 0 Å². The van der Waals surface area contributed by atoms with Crippen molar-refractivity contribution in [2.45, 2.75) is 25.7 Å². The SMILES string of the molecule is CN(CCC1OCCCO1)Cc1nccn1C. The minimum absolute atomic E-state index is 0.0208. The van der Waals surface area contributed by atoms with Crippen molar-refractivity contribution >= 4 is 0 Å². The van der Waals surface area contributed by atoms with Gasteiger partial charge in [0, 0.05) is 32.4 Å². The molecule has 0 N–H and O–H groups in total. The van der Waals surface area contributed by atoms with E-state index in [2.05, 4.69) is 16.9 Å². The molecule has 5 heteroatoms. The molecule has 1 aliphatic heterocycles. The standard InChI is InChI=1S/C12H21N3O2/c1-14(10-11-13-5-7-15(11)2)6-4-12-16-8-3-9-17-12/h5,7,12H,3-4,6,8-10H2,1-2H3. The maximum absolute atomic E-state index is 5.52. The van der Waals surface area contributed by atoms with Gasteiger partial charge in [-0.25, -0.2) is 4.98 Å². The summed E-state index contributed by atoms with van der Waals surface area (Å²) in [5, 5.41) is 0. The van der Waals surface area contributed by atoms with Gasteiger partial charge < -0.3 is 14.0 Å². The Kier molecular flexibility index (Phi) is 4.53. The zero-order valence-corrected chi connectivity index (χ0v) is 10.6. The first-order chi connectivity index (χ1) is 8.25. The molecule has 0 amide bonds. The van der Waals surface area contributed by atoms with Crippen LogP contribution in [-0.2, 0) is 23.1 Å².